The van der Waals surface area contributed by atoms with E-state index in [1.807, 2.05) is 9.80 Å². The van der Waals surface area contributed by atoms with Crippen LogP contribution < -0.4 is 4.31 Å². The molecule has 0 aromatic heterocycles. The van der Waals surface area contributed by atoms with Gasteiger partial charge in [0.1, 0.15) is 0 Å². The van der Waals surface area contributed by atoms with Crippen molar-refractivity contribution in [3.8, 4) is 0 Å². The van der Waals surface area contributed by atoms with E-state index in [0.29, 0.717) is 56.1 Å². The van der Waals surface area contributed by atoms with Crippen LogP contribution in [0.2, 0.25) is 0 Å². The molecule has 0 N–H and O–H groups in total. The average molecular weight is 434 g/mol. The van der Waals surface area contributed by atoms with Crippen LogP contribution in [0.25, 0.3) is 0 Å². The summed E-state index contributed by atoms with van der Waals surface area (Å²) in [5.41, 5.74) is 1.18. The van der Waals surface area contributed by atoms with E-state index in [4.69, 9.17) is 0 Å². The van der Waals surface area contributed by atoms with Crippen molar-refractivity contribution in [3.05, 3.63) is 29.8 Å². The van der Waals surface area contributed by atoms with Crippen LogP contribution in [0, 0.1) is 11.8 Å². The fourth-order valence-electron chi connectivity index (χ4n) is 4.86. The fraction of sp³-hybridized carbons (Fsp3) is 0.636. The SMILES string of the molecule is CC1CCCN(C(=O)C2CCN(C(=O)c3ccc(N4CCCS4(=O)=O)cc3)CC2)C1. The number of nitrogens with zero attached hydrogens (tertiary/aromatic N) is 3. The maximum absolute atomic E-state index is 12.9. The minimum Gasteiger partial charge on any atom is -0.342 e. The molecule has 30 heavy (non-hydrogen) atoms. The summed E-state index contributed by atoms with van der Waals surface area (Å²) >= 11 is 0. The number of piperidine rings is 2. The monoisotopic (exact) mass is 433 g/mol. The molecule has 164 valence electrons. The number of carbonyl (C=O) groups is 2. The minimum absolute atomic E-state index is 0.0158. The zero-order valence-electron chi connectivity index (χ0n) is 17.6. The fourth-order valence-corrected chi connectivity index (χ4v) is 6.42. The van der Waals surface area contributed by atoms with Crippen molar-refractivity contribution >= 4 is 27.5 Å². The summed E-state index contributed by atoms with van der Waals surface area (Å²) < 4.78 is 25.5. The summed E-state index contributed by atoms with van der Waals surface area (Å²) in [5.74, 6) is 0.968. The van der Waals surface area contributed by atoms with Gasteiger partial charge in [0.2, 0.25) is 15.9 Å². The molecule has 1 aromatic carbocycles. The highest BCUT2D eigenvalue weighted by Crippen LogP contribution is 2.27. The van der Waals surface area contributed by atoms with Gasteiger partial charge in [-0.3, -0.25) is 13.9 Å². The molecule has 0 aliphatic carbocycles. The molecule has 8 heteroatoms. The summed E-state index contributed by atoms with van der Waals surface area (Å²) in [6, 6.07) is 6.84. The molecule has 4 rings (SSSR count). The second kappa shape index (κ2) is 8.57. The van der Waals surface area contributed by atoms with Crippen LogP contribution in [0.1, 0.15) is 49.4 Å². The van der Waals surface area contributed by atoms with Crippen molar-refractivity contribution in [2.45, 2.75) is 39.0 Å². The molecule has 0 spiro atoms. The van der Waals surface area contributed by atoms with Gasteiger partial charge in [-0.25, -0.2) is 8.42 Å². The molecule has 2 amide bonds. The predicted molar refractivity (Wildman–Crippen MR) is 116 cm³/mol. The Labute approximate surface area is 179 Å². The van der Waals surface area contributed by atoms with Crippen LogP contribution in [0.3, 0.4) is 0 Å². The number of benzene rings is 1. The predicted octanol–water partition coefficient (Wildman–Crippen LogP) is 2.34. The van der Waals surface area contributed by atoms with Crippen molar-refractivity contribution in [3.63, 3.8) is 0 Å². The van der Waals surface area contributed by atoms with Crippen LogP contribution in [0.4, 0.5) is 5.69 Å². The van der Waals surface area contributed by atoms with Gasteiger partial charge in [0.25, 0.3) is 5.91 Å². The Morgan fingerprint density at radius 3 is 2.20 bits per heavy atom. The topological polar surface area (TPSA) is 78.0 Å². The molecule has 0 radical (unpaired) electrons. The number of anilines is 1. The molecular formula is C22H31N3O4S. The van der Waals surface area contributed by atoms with Gasteiger partial charge in [0.15, 0.2) is 0 Å². The van der Waals surface area contributed by atoms with Gasteiger partial charge in [-0.2, -0.15) is 0 Å². The Morgan fingerprint density at radius 1 is 0.900 bits per heavy atom. The van der Waals surface area contributed by atoms with Crippen molar-refractivity contribution in [2.24, 2.45) is 11.8 Å². The number of hydrogen-bond donors (Lipinski definition) is 0. The van der Waals surface area contributed by atoms with E-state index in [0.717, 1.165) is 19.5 Å². The van der Waals surface area contributed by atoms with Gasteiger partial charge >= 0.3 is 0 Å². The van der Waals surface area contributed by atoms with Gasteiger partial charge < -0.3 is 9.80 Å². The third kappa shape index (κ3) is 4.33. The van der Waals surface area contributed by atoms with E-state index in [-0.39, 0.29) is 23.5 Å². The summed E-state index contributed by atoms with van der Waals surface area (Å²) in [7, 11) is -3.22. The second-order valence-electron chi connectivity index (χ2n) is 8.89. The van der Waals surface area contributed by atoms with Gasteiger partial charge in [-0.05, 0) is 62.3 Å². The molecule has 3 aliphatic heterocycles. The maximum atomic E-state index is 12.9. The highest BCUT2D eigenvalue weighted by molar-refractivity contribution is 7.93. The Bertz CT molecular complexity index is 891. The average Bonchev–Trinajstić information content (AvgIpc) is 3.12. The first kappa shape index (κ1) is 21.2. The van der Waals surface area contributed by atoms with Crippen molar-refractivity contribution in [2.75, 3.05) is 42.8 Å². The number of carbonyl (C=O) groups excluding carboxylic acids is 2. The first-order valence-corrected chi connectivity index (χ1v) is 12.6. The van der Waals surface area contributed by atoms with Crippen LogP contribution in [0.5, 0.6) is 0 Å². The Morgan fingerprint density at radius 2 is 1.60 bits per heavy atom. The van der Waals surface area contributed by atoms with E-state index in [1.54, 1.807) is 24.3 Å². The van der Waals surface area contributed by atoms with Crippen molar-refractivity contribution in [1.82, 2.24) is 9.80 Å². The van der Waals surface area contributed by atoms with Crippen LogP contribution in [0.15, 0.2) is 24.3 Å². The molecule has 1 atom stereocenters. The number of amides is 2. The van der Waals surface area contributed by atoms with Crippen molar-refractivity contribution < 1.29 is 18.0 Å². The number of rotatable bonds is 3. The molecule has 3 fully saturated rings. The Balaban J connectivity index is 1.33. The summed E-state index contributed by atoms with van der Waals surface area (Å²) in [6.45, 7) is 5.58. The van der Waals surface area contributed by atoms with Crippen LogP contribution in [-0.2, 0) is 14.8 Å². The highest BCUT2D eigenvalue weighted by Gasteiger charge is 2.32. The lowest BCUT2D eigenvalue weighted by Gasteiger charge is -2.37. The smallest absolute Gasteiger partial charge is 0.253 e. The van der Waals surface area contributed by atoms with Gasteiger partial charge in [0.05, 0.1) is 11.4 Å². The van der Waals surface area contributed by atoms with Crippen molar-refractivity contribution in [1.29, 1.82) is 0 Å². The zero-order valence-corrected chi connectivity index (χ0v) is 18.4. The quantitative estimate of drug-likeness (QED) is 0.733. The van der Waals surface area contributed by atoms with Gasteiger partial charge in [0, 0.05) is 44.2 Å². The largest absolute Gasteiger partial charge is 0.342 e. The normalized spacial score (nSPS) is 24.8. The lowest BCUT2D eigenvalue weighted by atomic mass is 9.92. The van der Waals surface area contributed by atoms with E-state index < -0.39 is 10.0 Å². The van der Waals surface area contributed by atoms with Gasteiger partial charge in [-0.15, -0.1) is 0 Å². The minimum atomic E-state index is -3.22. The highest BCUT2D eigenvalue weighted by atomic mass is 32.2. The lowest BCUT2D eigenvalue weighted by molar-refractivity contribution is -0.138. The Hall–Kier alpha value is -2.09. The van der Waals surface area contributed by atoms with E-state index in [1.165, 1.54) is 10.7 Å². The molecule has 3 aliphatic rings. The van der Waals surface area contributed by atoms with Crippen LogP contribution >= 0.6 is 0 Å². The maximum Gasteiger partial charge on any atom is 0.253 e. The van der Waals surface area contributed by atoms with Crippen LogP contribution in [-0.4, -0.2) is 68.5 Å². The summed E-state index contributed by atoms with van der Waals surface area (Å²) in [5, 5.41) is 0. The number of sulfonamides is 1. The first-order chi connectivity index (χ1) is 14.3. The molecule has 0 bridgehead atoms. The standard InChI is InChI=1S/C22H31N3O4S/c1-17-4-2-11-24(16-17)22(27)19-9-13-23(14-10-19)21(26)18-5-7-20(8-6-18)25-12-3-15-30(25,28)29/h5-8,17,19H,2-4,9-16H2,1H3. The Kier molecular flexibility index (Phi) is 6.04. The molecule has 0 saturated carbocycles. The first-order valence-electron chi connectivity index (χ1n) is 11.0. The lowest BCUT2D eigenvalue weighted by Crippen LogP contribution is -2.47. The third-order valence-corrected chi connectivity index (χ3v) is 8.47. The molecule has 1 unspecified atom stereocenters. The second-order valence-corrected chi connectivity index (χ2v) is 10.9. The van der Waals surface area contributed by atoms with E-state index in [2.05, 4.69) is 6.92 Å². The van der Waals surface area contributed by atoms with E-state index >= 15 is 0 Å². The number of likely N-dealkylation sites (tertiary alicyclic amines) is 2. The molecule has 3 saturated heterocycles. The number of hydrogen-bond acceptors (Lipinski definition) is 4. The molecular weight excluding hydrogens is 402 g/mol. The summed E-state index contributed by atoms with van der Waals surface area (Å²) in [6.07, 6.45) is 4.32. The van der Waals surface area contributed by atoms with Gasteiger partial charge in [-0.1, -0.05) is 6.92 Å². The zero-order chi connectivity index (χ0) is 21.3. The molecule has 3 heterocycles. The molecule has 1 aromatic rings. The molecule has 7 nitrogen and oxygen atoms in total. The van der Waals surface area contributed by atoms with E-state index in [9.17, 15) is 18.0 Å². The third-order valence-electron chi connectivity index (χ3n) is 6.60. The summed E-state index contributed by atoms with van der Waals surface area (Å²) in [4.78, 5) is 29.5.